The lowest BCUT2D eigenvalue weighted by molar-refractivity contribution is 0.0643. The molecule has 0 aliphatic carbocycles. The summed E-state index contributed by atoms with van der Waals surface area (Å²) in [5.74, 6) is 0.148. The molecule has 0 unspecified atom stereocenters. The predicted octanol–water partition coefficient (Wildman–Crippen LogP) is 2.54. The average molecular weight is 311 g/mol. The van der Waals surface area contributed by atoms with Crippen LogP contribution in [0.4, 0.5) is 0 Å². The minimum Gasteiger partial charge on any atom is -0.336 e. The first-order valence-corrected chi connectivity index (χ1v) is 7.18. The number of nitrogens with zero attached hydrogens (tertiary/aromatic N) is 2. The van der Waals surface area contributed by atoms with Crippen LogP contribution in [-0.2, 0) is 0 Å². The standard InChI is InChI=1S/C14H19BrN2O/c1-3-16-4-6-17(7-5-16)14(18)12-8-11(2)9-13(15)10-12/h8-10H,3-7H2,1-2H3. The van der Waals surface area contributed by atoms with E-state index in [0.717, 1.165) is 48.3 Å². The lowest BCUT2D eigenvalue weighted by atomic mass is 10.1. The van der Waals surface area contributed by atoms with Gasteiger partial charge in [-0.05, 0) is 37.2 Å². The molecule has 1 amide bonds. The fourth-order valence-corrected chi connectivity index (χ4v) is 2.92. The fraction of sp³-hybridized carbons (Fsp3) is 0.500. The molecular weight excluding hydrogens is 292 g/mol. The highest BCUT2D eigenvalue weighted by molar-refractivity contribution is 9.10. The third kappa shape index (κ3) is 3.12. The number of halogens is 1. The smallest absolute Gasteiger partial charge is 0.253 e. The molecule has 1 aliphatic heterocycles. The molecule has 1 aromatic rings. The Hall–Kier alpha value is -0.870. The van der Waals surface area contributed by atoms with Gasteiger partial charge in [0.05, 0.1) is 0 Å². The molecule has 0 radical (unpaired) electrons. The van der Waals surface area contributed by atoms with Crippen molar-refractivity contribution in [3.8, 4) is 0 Å². The molecule has 1 heterocycles. The van der Waals surface area contributed by atoms with E-state index in [1.807, 2.05) is 30.0 Å². The van der Waals surface area contributed by atoms with E-state index in [9.17, 15) is 4.79 Å². The highest BCUT2D eigenvalue weighted by Crippen LogP contribution is 2.17. The lowest BCUT2D eigenvalue weighted by Crippen LogP contribution is -2.48. The number of piperazine rings is 1. The molecule has 2 rings (SSSR count). The molecule has 4 heteroatoms. The van der Waals surface area contributed by atoms with Gasteiger partial charge in [0.15, 0.2) is 0 Å². The number of likely N-dealkylation sites (N-methyl/N-ethyl adjacent to an activating group) is 1. The van der Waals surface area contributed by atoms with Gasteiger partial charge in [0.2, 0.25) is 0 Å². The van der Waals surface area contributed by atoms with Crippen molar-refractivity contribution in [1.82, 2.24) is 9.80 Å². The molecule has 18 heavy (non-hydrogen) atoms. The number of amides is 1. The van der Waals surface area contributed by atoms with E-state index in [1.54, 1.807) is 0 Å². The van der Waals surface area contributed by atoms with Gasteiger partial charge in [-0.15, -0.1) is 0 Å². The van der Waals surface area contributed by atoms with Crippen LogP contribution in [0.15, 0.2) is 22.7 Å². The monoisotopic (exact) mass is 310 g/mol. The van der Waals surface area contributed by atoms with E-state index in [0.29, 0.717) is 0 Å². The Morgan fingerprint density at radius 3 is 2.44 bits per heavy atom. The first kappa shape index (κ1) is 13.6. The highest BCUT2D eigenvalue weighted by atomic mass is 79.9. The molecule has 0 atom stereocenters. The Labute approximate surface area is 117 Å². The average Bonchev–Trinajstić information content (AvgIpc) is 2.37. The number of hydrogen-bond acceptors (Lipinski definition) is 2. The topological polar surface area (TPSA) is 23.6 Å². The normalized spacial score (nSPS) is 16.9. The van der Waals surface area contributed by atoms with Crippen LogP contribution in [0, 0.1) is 6.92 Å². The second-order valence-electron chi connectivity index (χ2n) is 4.74. The number of rotatable bonds is 2. The second-order valence-corrected chi connectivity index (χ2v) is 5.66. The Bertz CT molecular complexity index is 419. The summed E-state index contributed by atoms with van der Waals surface area (Å²) < 4.78 is 0.970. The van der Waals surface area contributed by atoms with Gasteiger partial charge in [0, 0.05) is 36.2 Å². The molecule has 3 nitrogen and oxygen atoms in total. The van der Waals surface area contributed by atoms with Crippen molar-refractivity contribution in [2.75, 3.05) is 32.7 Å². The Morgan fingerprint density at radius 2 is 1.89 bits per heavy atom. The molecular formula is C14H19BrN2O. The SMILES string of the molecule is CCN1CCN(C(=O)c2cc(C)cc(Br)c2)CC1. The molecule has 0 spiro atoms. The highest BCUT2D eigenvalue weighted by Gasteiger charge is 2.21. The maximum atomic E-state index is 12.4. The van der Waals surface area contributed by atoms with E-state index >= 15 is 0 Å². The molecule has 0 N–H and O–H groups in total. The summed E-state index contributed by atoms with van der Waals surface area (Å²) in [6.45, 7) is 8.87. The molecule has 0 aromatic heterocycles. The van der Waals surface area contributed by atoms with E-state index in [4.69, 9.17) is 0 Å². The van der Waals surface area contributed by atoms with Crippen LogP contribution in [0.2, 0.25) is 0 Å². The summed E-state index contributed by atoms with van der Waals surface area (Å²) in [7, 11) is 0. The summed E-state index contributed by atoms with van der Waals surface area (Å²) in [4.78, 5) is 16.7. The van der Waals surface area contributed by atoms with Gasteiger partial charge in [0.25, 0.3) is 5.91 Å². The minimum atomic E-state index is 0.148. The van der Waals surface area contributed by atoms with Gasteiger partial charge < -0.3 is 9.80 Å². The van der Waals surface area contributed by atoms with Crippen LogP contribution in [0.5, 0.6) is 0 Å². The minimum absolute atomic E-state index is 0.148. The number of aryl methyl sites for hydroxylation is 1. The molecule has 0 saturated carbocycles. The Morgan fingerprint density at radius 1 is 1.22 bits per heavy atom. The first-order valence-electron chi connectivity index (χ1n) is 6.39. The van der Waals surface area contributed by atoms with Gasteiger partial charge in [-0.25, -0.2) is 0 Å². The van der Waals surface area contributed by atoms with Crippen LogP contribution in [-0.4, -0.2) is 48.4 Å². The van der Waals surface area contributed by atoms with Crippen molar-refractivity contribution in [2.24, 2.45) is 0 Å². The fourth-order valence-electron chi connectivity index (χ4n) is 2.31. The maximum absolute atomic E-state index is 12.4. The Balaban J connectivity index is 2.07. The predicted molar refractivity (Wildman–Crippen MR) is 76.9 cm³/mol. The quantitative estimate of drug-likeness (QED) is 0.838. The van der Waals surface area contributed by atoms with Crippen LogP contribution in [0.3, 0.4) is 0 Å². The van der Waals surface area contributed by atoms with Crippen LogP contribution < -0.4 is 0 Å². The van der Waals surface area contributed by atoms with Crippen molar-refractivity contribution in [3.05, 3.63) is 33.8 Å². The van der Waals surface area contributed by atoms with Gasteiger partial charge in [-0.3, -0.25) is 4.79 Å². The van der Waals surface area contributed by atoms with Crippen LogP contribution in [0.25, 0.3) is 0 Å². The summed E-state index contributed by atoms with van der Waals surface area (Å²) in [6.07, 6.45) is 0. The summed E-state index contributed by atoms with van der Waals surface area (Å²) in [5, 5.41) is 0. The summed E-state index contributed by atoms with van der Waals surface area (Å²) in [5.41, 5.74) is 1.90. The number of carbonyl (C=O) groups is 1. The molecule has 98 valence electrons. The van der Waals surface area contributed by atoms with E-state index in [-0.39, 0.29) is 5.91 Å². The van der Waals surface area contributed by atoms with E-state index in [1.165, 1.54) is 0 Å². The van der Waals surface area contributed by atoms with Gasteiger partial charge in [-0.2, -0.15) is 0 Å². The summed E-state index contributed by atoms with van der Waals surface area (Å²) >= 11 is 3.45. The van der Waals surface area contributed by atoms with Crippen molar-refractivity contribution in [2.45, 2.75) is 13.8 Å². The first-order chi connectivity index (χ1) is 8.60. The zero-order chi connectivity index (χ0) is 13.1. The second kappa shape index (κ2) is 5.85. The van der Waals surface area contributed by atoms with E-state index in [2.05, 4.69) is 27.8 Å². The van der Waals surface area contributed by atoms with Crippen molar-refractivity contribution in [1.29, 1.82) is 0 Å². The molecule has 1 fully saturated rings. The number of hydrogen-bond donors (Lipinski definition) is 0. The molecule has 1 saturated heterocycles. The maximum Gasteiger partial charge on any atom is 0.253 e. The zero-order valence-corrected chi connectivity index (χ0v) is 12.5. The Kier molecular flexibility index (Phi) is 4.40. The lowest BCUT2D eigenvalue weighted by Gasteiger charge is -2.34. The van der Waals surface area contributed by atoms with Gasteiger partial charge >= 0.3 is 0 Å². The van der Waals surface area contributed by atoms with Crippen LogP contribution in [0.1, 0.15) is 22.8 Å². The van der Waals surface area contributed by atoms with Crippen molar-refractivity contribution < 1.29 is 4.79 Å². The molecule has 1 aromatic carbocycles. The van der Waals surface area contributed by atoms with Crippen molar-refractivity contribution in [3.63, 3.8) is 0 Å². The third-order valence-electron chi connectivity index (χ3n) is 3.40. The largest absolute Gasteiger partial charge is 0.336 e. The third-order valence-corrected chi connectivity index (χ3v) is 3.85. The van der Waals surface area contributed by atoms with Gasteiger partial charge in [0.1, 0.15) is 0 Å². The number of carbonyl (C=O) groups excluding carboxylic acids is 1. The van der Waals surface area contributed by atoms with Gasteiger partial charge in [-0.1, -0.05) is 22.9 Å². The molecule has 1 aliphatic rings. The van der Waals surface area contributed by atoms with Crippen molar-refractivity contribution >= 4 is 21.8 Å². The molecule has 0 bridgehead atoms. The van der Waals surface area contributed by atoms with E-state index < -0.39 is 0 Å². The summed E-state index contributed by atoms with van der Waals surface area (Å²) in [6, 6.07) is 5.88. The number of benzene rings is 1. The zero-order valence-electron chi connectivity index (χ0n) is 10.9. The van der Waals surface area contributed by atoms with Crippen LogP contribution >= 0.6 is 15.9 Å².